The zero-order chi connectivity index (χ0) is 15.8. The van der Waals surface area contributed by atoms with E-state index in [-0.39, 0.29) is 10.4 Å². The van der Waals surface area contributed by atoms with E-state index < -0.39 is 21.4 Å². The molecule has 114 valence electrons. The van der Waals surface area contributed by atoms with Crippen LogP contribution in [0.5, 0.6) is 5.75 Å². The number of nitrogens with zero attached hydrogens (tertiary/aromatic N) is 2. The average Bonchev–Trinajstić information content (AvgIpc) is 2.40. The molecular weight excluding hydrogens is 353 g/mol. The van der Waals surface area contributed by atoms with Crippen LogP contribution in [0.25, 0.3) is 10.9 Å². The van der Waals surface area contributed by atoms with E-state index >= 15 is 0 Å². The second-order valence-electron chi connectivity index (χ2n) is 3.65. The van der Waals surface area contributed by atoms with E-state index in [4.69, 9.17) is 11.6 Å². The lowest BCUT2D eigenvalue weighted by molar-refractivity contribution is -0.0499. The molecule has 0 saturated heterocycles. The number of rotatable bonds is 3. The Bertz CT molecular complexity index is 796. The van der Waals surface area contributed by atoms with Gasteiger partial charge in [-0.2, -0.15) is 21.6 Å². The summed E-state index contributed by atoms with van der Waals surface area (Å²) in [5.41, 5.74) is -5.18. The van der Waals surface area contributed by atoms with Gasteiger partial charge in [0, 0.05) is 11.6 Å². The van der Waals surface area contributed by atoms with Crippen LogP contribution in [-0.4, -0.2) is 30.1 Å². The summed E-state index contributed by atoms with van der Waals surface area (Å²) in [5, 5.41) is 0.312. The molecule has 0 spiro atoms. The quantitative estimate of drug-likeness (QED) is 0.363. The monoisotopic (exact) mass is 358 g/mol. The fourth-order valence-corrected chi connectivity index (χ4v) is 2.47. The molecule has 0 fully saturated rings. The van der Waals surface area contributed by atoms with Gasteiger partial charge in [0.2, 0.25) is 0 Å². The Balaban J connectivity index is 2.51. The lowest BCUT2D eigenvalue weighted by Crippen LogP contribution is -2.28. The smallest absolute Gasteiger partial charge is 0.374 e. The van der Waals surface area contributed by atoms with Crippen LogP contribution in [0, 0.1) is 0 Å². The van der Waals surface area contributed by atoms with Gasteiger partial charge in [-0.1, -0.05) is 23.4 Å². The number of halogens is 4. The Kier molecular flexibility index (Phi) is 4.22. The van der Waals surface area contributed by atoms with E-state index in [9.17, 15) is 21.6 Å². The Morgan fingerprint density at radius 3 is 2.57 bits per heavy atom. The molecule has 1 aromatic heterocycles. The number of thioether (sulfide) groups is 1. The van der Waals surface area contributed by atoms with Crippen molar-refractivity contribution >= 4 is 44.4 Å². The maximum Gasteiger partial charge on any atom is 0.534 e. The van der Waals surface area contributed by atoms with E-state index in [1.54, 1.807) is 6.26 Å². The summed E-state index contributed by atoms with van der Waals surface area (Å²) in [7, 11) is -5.78. The van der Waals surface area contributed by atoms with Crippen molar-refractivity contribution < 1.29 is 25.8 Å². The minimum atomic E-state index is -5.78. The zero-order valence-corrected chi connectivity index (χ0v) is 12.6. The van der Waals surface area contributed by atoms with Crippen LogP contribution >= 0.6 is 23.4 Å². The van der Waals surface area contributed by atoms with Crippen LogP contribution in [0.15, 0.2) is 23.5 Å². The Hall–Kier alpha value is -1.26. The molecule has 1 aromatic carbocycles. The van der Waals surface area contributed by atoms with Crippen molar-refractivity contribution in [3.05, 3.63) is 23.4 Å². The van der Waals surface area contributed by atoms with Gasteiger partial charge in [0.05, 0.1) is 10.5 Å². The summed E-state index contributed by atoms with van der Waals surface area (Å²) in [6.45, 7) is 0. The summed E-state index contributed by atoms with van der Waals surface area (Å²) in [4.78, 5) is 7.99. The summed E-state index contributed by atoms with van der Waals surface area (Å²) >= 11 is 7.12. The molecule has 0 aliphatic carbocycles. The molecule has 2 aromatic rings. The van der Waals surface area contributed by atoms with Crippen molar-refractivity contribution in [3.63, 3.8) is 0 Å². The van der Waals surface area contributed by atoms with E-state index in [0.717, 1.165) is 6.07 Å². The Morgan fingerprint density at radius 2 is 2.00 bits per heavy atom. The number of hydrogen-bond donors (Lipinski definition) is 0. The van der Waals surface area contributed by atoms with E-state index in [1.165, 1.54) is 24.0 Å². The predicted molar refractivity (Wildman–Crippen MR) is 71.9 cm³/mol. The van der Waals surface area contributed by atoms with Crippen molar-refractivity contribution in [2.24, 2.45) is 0 Å². The van der Waals surface area contributed by atoms with Gasteiger partial charge in [-0.3, -0.25) is 0 Å². The number of aromatic nitrogens is 2. The van der Waals surface area contributed by atoms with Crippen molar-refractivity contribution in [2.75, 3.05) is 6.26 Å². The molecular formula is C10H6ClF3N2O3S2. The first-order chi connectivity index (χ1) is 9.65. The average molecular weight is 359 g/mol. The molecule has 0 atom stereocenters. The van der Waals surface area contributed by atoms with Crippen molar-refractivity contribution in [2.45, 2.75) is 10.7 Å². The van der Waals surface area contributed by atoms with Crippen LogP contribution in [0.3, 0.4) is 0 Å². The first-order valence-electron chi connectivity index (χ1n) is 5.15. The first-order valence-corrected chi connectivity index (χ1v) is 8.17. The molecule has 0 amide bonds. The number of hydrogen-bond acceptors (Lipinski definition) is 6. The Labute approximate surface area is 126 Å². The number of alkyl halides is 3. The third-order valence-electron chi connectivity index (χ3n) is 2.31. The Morgan fingerprint density at radius 1 is 1.33 bits per heavy atom. The minimum absolute atomic E-state index is 0.185. The van der Waals surface area contributed by atoms with E-state index in [2.05, 4.69) is 14.2 Å². The van der Waals surface area contributed by atoms with Crippen LogP contribution in [-0.2, 0) is 10.1 Å². The van der Waals surface area contributed by atoms with Gasteiger partial charge < -0.3 is 4.18 Å². The molecule has 0 saturated carbocycles. The number of benzene rings is 1. The highest BCUT2D eigenvalue weighted by Gasteiger charge is 2.48. The van der Waals surface area contributed by atoms with Gasteiger partial charge in [-0.05, 0) is 18.4 Å². The normalized spacial score (nSPS) is 12.6. The van der Waals surface area contributed by atoms with E-state index in [1.807, 2.05) is 0 Å². The minimum Gasteiger partial charge on any atom is -0.374 e. The highest BCUT2D eigenvalue weighted by molar-refractivity contribution is 7.98. The van der Waals surface area contributed by atoms with Gasteiger partial charge in [0.1, 0.15) is 0 Å². The van der Waals surface area contributed by atoms with Crippen molar-refractivity contribution in [3.8, 4) is 5.75 Å². The van der Waals surface area contributed by atoms with Crippen LogP contribution in [0.2, 0.25) is 5.02 Å². The lowest BCUT2D eigenvalue weighted by atomic mass is 10.2. The van der Waals surface area contributed by atoms with Crippen LogP contribution < -0.4 is 4.18 Å². The fraction of sp³-hybridized carbons (Fsp3) is 0.200. The highest BCUT2D eigenvalue weighted by atomic mass is 35.5. The van der Waals surface area contributed by atoms with Crippen molar-refractivity contribution in [1.82, 2.24) is 9.97 Å². The molecule has 2 rings (SSSR count). The van der Waals surface area contributed by atoms with Gasteiger partial charge in [0.15, 0.2) is 10.9 Å². The van der Waals surface area contributed by atoms with Gasteiger partial charge in [-0.25, -0.2) is 9.97 Å². The van der Waals surface area contributed by atoms with Crippen LogP contribution in [0.4, 0.5) is 13.2 Å². The predicted octanol–water partition coefficient (Wildman–Crippen LogP) is 3.23. The standard InChI is InChI=1S/C10H6ClF3N2O3S2/c1-20-9-15-4-5-6(16-9)2-3-7(8(5)11)19-21(17,18)10(12,13)14/h2-4H,1H3. The molecule has 0 aliphatic heterocycles. The van der Waals surface area contributed by atoms with Crippen molar-refractivity contribution in [1.29, 1.82) is 0 Å². The maximum absolute atomic E-state index is 12.3. The molecule has 0 aliphatic rings. The summed E-state index contributed by atoms with van der Waals surface area (Å²) in [6.07, 6.45) is 3.03. The molecule has 0 bridgehead atoms. The largest absolute Gasteiger partial charge is 0.534 e. The van der Waals surface area contributed by atoms with Gasteiger partial charge >= 0.3 is 15.6 Å². The first kappa shape index (κ1) is 16.1. The SMILES string of the molecule is CSc1ncc2c(Cl)c(OS(=O)(=O)C(F)(F)F)ccc2n1. The number of fused-ring (bicyclic) bond motifs is 1. The van der Waals surface area contributed by atoms with Crippen LogP contribution in [0.1, 0.15) is 0 Å². The molecule has 0 N–H and O–H groups in total. The zero-order valence-electron chi connectivity index (χ0n) is 10.2. The van der Waals surface area contributed by atoms with Gasteiger partial charge in [0.25, 0.3) is 0 Å². The molecule has 0 radical (unpaired) electrons. The molecule has 11 heteroatoms. The lowest BCUT2D eigenvalue weighted by Gasteiger charge is -2.11. The van der Waals surface area contributed by atoms with E-state index in [0.29, 0.717) is 10.7 Å². The van der Waals surface area contributed by atoms with Gasteiger partial charge in [-0.15, -0.1) is 0 Å². The third kappa shape index (κ3) is 3.16. The molecule has 1 heterocycles. The summed E-state index contributed by atoms with van der Waals surface area (Å²) in [6, 6.07) is 2.30. The fourth-order valence-electron chi connectivity index (χ4n) is 1.36. The second kappa shape index (κ2) is 5.50. The second-order valence-corrected chi connectivity index (χ2v) is 6.34. The summed E-state index contributed by atoms with van der Waals surface area (Å²) < 4.78 is 62.8. The molecule has 5 nitrogen and oxygen atoms in total. The topological polar surface area (TPSA) is 69.2 Å². The highest BCUT2D eigenvalue weighted by Crippen LogP contribution is 2.35. The third-order valence-corrected chi connectivity index (χ3v) is 4.22. The molecule has 21 heavy (non-hydrogen) atoms. The molecule has 0 unspecified atom stereocenters. The summed E-state index contributed by atoms with van der Waals surface area (Å²) in [5.74, 6) is -0.637. The maximum atomic E-state index is 12.3.